The van der Waals surface area contributed by atoms with Gasteiger partial charge in [0.2, 0.25) is 0 Å². The number of nitriles is 1. The summed E-state index contributed by atoms with van der Waals surface area (Å²) in [6.45, 7) is 0. The van der Waals surface area contributed by atoms with Crippen LogP contribution >= 0.6 is 22.6 Å². The van der Waals surface area contributed by atoms with E-state index in [-0.39, 0.29) is 17.1 Å². The first-order chi connectivity index (χ1) is 9.38. The first-order valence-electron chi connectivity index (χ1n) is 5.18. The molecule has 0 unspecified atom stereocenters. The minimum absolute atomic E-state index is 0.0367. The first-order valence-corrected chi connectivity index (χ1v) is 6.26. The summed E-state index contributed by atoms with van der Waals surface area (Å²) >= 11 is 1.88. The molecular weight excluding hydrogens is 377 g/mol. The number of primary amides is 1. The fraction of sp³-hybridized carbons (Fsp3) is 0.0833. The summed E-state index contributed by atoms with van der Waals surface area (Å²) in [5.41, 5.74) is 4.97. The number of urea groups is 1. The van der Waals surface area contributed by atoms with Crippen molar-refractivity contribution in [2.45, 2.75) is 0 Å². The Morgan fingerprint density at radius 2 is 2.20 bits per heavy atom. The lowest BCUT2D eigenvalue weighted by Crippen LogP contribution is -2.35. The number of aromatic hydroxyl groups is 1. The van der Waals surface area contributed by atoms with Gasteiger partial charge in [-0.2, -0.15) is 5.26 Å². The van der Waals surface area contributed by atoms with Crippen LogP contribution in [0.25, 0.3) is 6.08 Å². The quantitative estimate of drug-likeness (QED) is 0.407. The van der Waals surface area contributed by atoms with Gasteiger partial charge in [-0.25, -0.2) is 4.79 Å². The number of nitrogens with two attached hydrogens (primary N) is 1. The molecule has 1 aromatic rings. The Hall–Kier alpha value is -2.28. The number of phenols is 1. The van der Waals surface area contributed by atoms with E-state index in [0.717, 1.165) is 0 Å². The third kappa shape index (κ3) is 3.86. The lowest BCUT2D eigenvalue weighted by atomic mass is 10.1. The standard InChI is InChI=1S/C12H10IN3O4/c1-20-9-4-6(3-8(13)10(9)17)2-7(5-14)11(18)16-12(15)19/h2-4,17H,1H3,(H3,15,16,18,19)/b7-2+. The number of halogens is 1. The van der Waals surface area contributed by atoms with Gasteiger partial charge in [-0.15, -0.1) is 0 Å². The van der Waals surface area contributed by atoms with Gasteiger partial charge in [0, 0.05) is 0 Å². The molecule has 0 bridgehead atoms. The van der Waals surface area contributed by atoms with E-state index < -0.39 is 11.9 Å². The molecule has 20 heavy (non-hydrogen) atoms. The van der Waals surface area contributed by atoms with Crippen LogP contribution < -0.4 is 15.8 Å². The van der Waals surface area contributed by atoms with Crippen molar-refractivity contribution < 1.29 is 19.4 Å². The number of amides is 3. The largest absolute Gasteiger partial charge is 0.504 e. The highest BCUT2D eigenvalue weighted by Crippen LogP contribution is 2.33. The van der Waals surface area contributed by atoms with Crippen LogP contribution in [-0.4, -0.2) is 24.2 Å². The number of nitrogens with one attached hydrogen (secondary N) is 1. The number of carbonyl (C=O) groups excluding carboxylic acids is 2. The van der Waals surface area contributed by atoms with E-state index in [1.165, 1.54) is 19.3 Å². The van der Waals surface area contributed by atoms with E-state index in [2.05, 4.69) is 0 Å². The molecule has 0 heterocycles. The van der Waals surface area contributed by atoms with Crippen LogP contribution in [0.1, 0.15) is 5.56 Å². The van der Waals surface area contributed by atoms with E-state index in [1.807, 2.05) is 22.6 Å². The second-order valence-electron chi connectivity index (χ2n) is 3.54. The summed E-state index contributed by atoms with van der Waals surface area (Å²) in [6.07, 6.45) is 1.25. The Bertz CT molecular complexity index is 634. The lowest BCUT2D eigenvalue weighted by Gasteiger charge is -2.07. The van der Waals surface area contributed by atoms with E-state index in [9.17, 15) is 14.7 Å². The van der Waals surface area contributed by atoms with Crippen molar-refractivity contribution in [3.05, 3.63) is 26.8 Å². The van der Waals surface area contributed by atoms with Crippen molar-refractivity contribution in [1.29, 1.82) is 5.26 Å². The molecule has 1 aromatic carbocycles. The average molecular weight is 387 g/mol. The fourth-order valence-electron chi connectivity index (χ4n) is 1.33. The number of methoxy groups -OCH3 is 1. The maximum atomic E-state index is 11.5. The number of ether oxygens (including phenoxy) is 1. The first kappa shape index (κ1) is 15.8. The number of hydrogen-bond acceptors (Lipinski definition) is 5. The lowest BCUT2D eigenvalue weighted by molar-refractivity contribution is -0.115. The van der Waals surface area contributed by atoms with Crippen molar-refractivity contribution in [3.63, 3.8) is 0 Å². The molecule has 104 valence electrons. The zero-order chi connectivity index (χ0) is 15.3. The summed E-state index contributed by atoms with van der Waals surface area (Å²) in [7, 11) is 1.38. The monoisotopic (exact) mass is 387 g/mol. The predicted octanol–water partition coefficient (Wildman–Crippen LogP) is 1.11. The molecule has 0 radical (unpaired) electrons. The highest BCUT2D eigenvalue weighted by molar-refractivity contribution is 14.1. The molecule has 0 spiro atoms. The van der Waals surface area contributed by atoms with Gasteiger partial charge >= 0.3 is 6.03 Å². The third-order valence-electron chi connectivity index (χ3n) is 2.18. The minimum atomic E-state index is -1.05. The normalized spacial score (nSPS) is 10.6. The van der Waals surface area contributed by atoms with Gasteiger partial charge in [-0.3, -0.25) is 10.1 Å². The molecule has 0 fully saturated rings. The van der Waals surface area contributed by atoms with Gasteiger partial charge in [0.1, 0.15) is 11.6 Å². The number of nitrogens with zero attached hydrogens (tertiary/aromatic N) is 1. The van der Waals surface area contributed by atoms with Gasteiger partial charge in [-0.05, 0) is 46.4 Å². The molecule has 0 aromatic heterocycles. The maximum absolute atomic E-state index is 11.5. The van der Waals surface area contributed by atoms with E-state index in [1.54, 1.807) is 17.5 Å². The SMILES string of the molecule is COc1cc(/C=C(\C#N)C(=O)NC(N)=O)cc(I)c1O. The number of hydrogen-bond donors (Lipinski definition) is 3. The Kier molecular flexibility index (Phi) is 5.33. The van der Waals surface area contributed by atoms with Crippen LogP contribution in [0.3, 0.4) is 0 Å². The molecule has 1 rings (SSSR count). The van der Waals surface area contributed by atoms with Crippen LogP contribution in [0, 0.1) is 14.9 Å². The maximum Gasteiger partial charge on any atom is 0.319 e. The molecule has 3 amide bonds. The summed E-state index contributed by atoms with van der Waals surface area (Å²) in [6, 6.07) is 3.62. The van der Waals surface area contributed by atoms with E-state index >= 15 is 0 Å². The average Bonchev–Trinajstić information content (AvgIpc) is 2.38. The minimum Gasteiger partial charge on any atom is -0.504 e. The van der Waals surface area contributed by atoms with Crippen LogP contribution in [0.15, 0.2) is 17.7 Å². The van der Waals surface area contributed by atoms with Crippen LogP contribution in [-0.2, 0) is 4.79 Å². The number of carbonyl (C=O) groups is 2. The Morgan fingerprint density at radius 3 is 2.70 bits per heavy atom. The highest BCUT2D eigenvalue weighted by Gasteiger charge is 2.13. The second-order valence-corrected chi connectivity index (χ2v) is 4.70. The molecule has 0 aliphatic rings. The second kappa shape index (κ2) is 6.76. The molecule has 8 heteroatoms. The van der Waals surface area contributed by atoms with Crippen LogP contribution in [0.5, 0.6) is 11.5 Å². The van der Waals surface area contributed by atoms with Crippen molar-refractivity contribution in [2.24, 2.45) is 5.73 Å². The highest BCUT2D eigenvalue weighted by atomic mass is 127. The Balaban J connectivity index is 3.20. The summed E-state index contributed by atoms with van der Waals surface area (Å²) < 4.78 is 5.45. The zero-order valence-corrected chi connectivity index (χ0v) is 12.5. The smallest absolute Gasteiger partial charge is 0.319 e. The van der Waals surface area contributed by atoms with Gasteiger partial charge in [-0.1, -0.05) is 0 Å². The Morgan fingerprint density at radius 1 is 1.55 bits per heavy atom. The van der Waals surface area contributed by atoms with Crippen LogP contribution in [0.2, 0.25) is 0 Å². The molecule has 0 aliphatic heterocycles. The molecular formula is C12H10IN3O4. The third-order valence-corrected chi connectivity index (χ3v) is 3.01. The number of imide groups is 1. The summed E-state index contributed by atoms with van der Waals surface area (Å²) in [5, 5.41) is 20.4. The van der Waals surface area contributed by atoms with Crippen molar-refractivity contribution in [1.82, 2.24) is 5.32 Å². The van der Waals surface area contributed by atoms with Gasteiger partial charge in [0.05, 0.1) is 10.7 Å². The fourth-order valence-corrected chi connectivity index (χ4v) is 1.95. The predicted molar refractivity (Wildman–Crippen MR) is 78.7 cm³/mol. The van der Waals surface area contributed by atoms with Gasteiger partial charge in [0.25, 0.3) is 5.91 Å². The van der Waals surface area contributed by atoms with Crippen molar-refractivity contribution >= 4 is 40.6 Å². The van der Waals surface area contributed by atoms with Crippen molar-refractivity contribution in [2.75, 3.05) is 7.11 Å². The number of phenolic OH excluding ortho intramolecular Hbond substituents is 1. The van der Waals surface area contributed by atoms with E-state index in [0.29, 0.717) is 9.13 Å². The van der Waals surface area contributed by atoms with Gasteiger partial charge in [0.15, 0.2) is 11.5 Å². The number of rotatable bonds is 3. The van der Waals surface area contributed by atoms with Crippen LogP contribution in [0.4, 0.5) is 4.79 Å². The van der Waals surface area contributed by atoms with E-state index in [4.69, 9.17) is 15.7 Å². The molecule has 0 aliphatic carbocycles. The summed E-state index contributed by atoms with van der Waals surface area (Å²) in [5.74, 6) is -0.733. The number of benzene rings is 1. The molecule has 4 N–H and O–H groups in total. The topological polar surface area (TPSA) is 125 Å². The molecule has 0 saturated heterocycles. The molecule has 0 saturated carbocycles. The van der Waals surface area contributed by atoms with Crippen molar-refractivity contribution in [3.8, 4) is 17.6 Å². The summed E-state index contributed by atoms with van der Waals surface area (Å²) in [4.78, 5) is 22.1. The Labute approximate surface area is 128 Å². The molecule has 0 atom stereocenters. The van der Waals surface area contributed by atoms with Gasteiger partial charge < -0.3 is 15.6 Å². The molecule has 7 nitrogen and oxygen atoms in total. The zero-order valence-electron chi connectivity index (χ0n) is 10.3.